The van der Waals surface area contributed by atoms with Crippen LogP contribution < -0.4 is 10.9 Å². The van der Waals surface area contributed by atoms with Crippen molar-refractivity contribution in [3.05, 3.63) is 81.3 Å². The van der Waals surface area contributed by atoms with Crippen molar-refractivity contribution in [2.75, 3.05) is 0 Å². The van der Waals surface area contributed by atoms with E-state index in [9.17, 15) is 18.4 Å². The highest BCUT2D eigenvalue weighted by Crippen LogP contribution is 2.31. The van der Waals surface area contributed by atoms with Crippen LogP contribution in [0.25, 0.3) is 33.3 Å². The van der Waals surface area contributed by atoms with Crippen LogP contribution in [0.4, 0.5) is 8.78 Å². The molecule has 34 heavy (non-hydrogen) atoms. The summed E-state index contributed by atoms with van der Waals surface area (Å²) in [5.74, 6) is -1.29. The fourth-order valence-electron chi connectivity index (χ4n) is 4.20. The Balaban J connectivity index is 1.71. The second-order valence-corrected chi connectivity index (χ2v) is 8.76. The molecule has 1 fully saturated rings. The first-order chi connectivity index (χ1) is 16.2. The second kappa shape index (κ2) is 8.13. The summed E-state index contributed by atoms with van der Waals surface area (Å²) in [7, 11) is 1.60. The van der Waals surface area contributed by atoms with Crippen molar-refractivity contribution in [2.45, 2.75) is 32.7 Å². The molecule has 0 aliphatic heterocycles. The molecule has 1 amide bonds. The third-order valence-corrected chi connectivity index (χ3v) is 6.28. The predicted molar refractivity (Wildman–Crippen MR) is 126 cm³/mol. The van der Waals surface area contributed by atoms with Gasteiger partial charge in [0.1, 0.15) is 17.3 Å². The van der Waals surface area contributed by atoms with Crippen LogP contribution in [0.15, 0.2) is 47.4 Å². The fourth-order valence-corrected chi connectivity index (χ4v) is 4.20. The quantitative estimate of drug-likeness (QED) is 0.488. The average molecular weight is 460 g/mol. The molecule has 5 rings (SSSR count). The van der Waals surface area contributed by atoms with Crippen molar-refractivity contribution in [2.24, 2.45) is 7.05 Å². The van der Waals surface area contributed by atoms with Crippen LogP contribution in [0, 0.1) is 25.5 Å². The maximum atomic E-state index is 14.8. The summed E-state index contributed by atoms with van der Waals surface area (Å²) in [5, 5.41) is 11.8. The molecule has 1 aliphatic rings. The number of carbonyl (C=O) groups is 1. The molecule has 1 N–H and O–H groups in total. The smallest absolute Gasteiger partial charge is 0.258 e. The summed E-state index contributed by atoms with van der Waals surface area (Å²) in [6.45, 7) is 3.34. The van der Waals surface area contributed by atoms with Crippen molar-refractivity contribution in [1.82, 2.24) is 20.1 Å². The van der Waals surface area contributed by atoms with Gasteiger partial charge in [0.15, 0.2) is 0 Å². The Kier molecular flexibility index (Phi) is 5.23. The Bertz CT molecular complexity index is 1540. The van der Waals surface area contributed by atoms with E-state index in [1.54, 1.807) is 39.1 Å². The fraction of sp³-hybridized carbons (Fsp3) is 0.231. The molecular formula is C26H22F2N4O2. The normalized spacial score (nSPS) is 13.3. The largest absolute Gasteiger partial charge is 0.349 e. The Morgan fingerprint density at radius 2 is 1.82 bits per heavy atom. The number of hydrogen-bond acceptors (Lipinski definition) is 4. The molecule has 8 heteroatoms. The molecule has 0 spiro atoms. The van der Waals surface area contributed by atoms with Crippen molar-refractivity contribution in [3.63, 3.8) is 0 Å². The van der Waals surface area contributed by atoms with Crippen LogP contribution >= 0.6 is 0 Å². The Labute approximate surface area is 194 Å². The van der Waals surface area contributed by atoms with E-state index < -0.39 is 5.82 Å². The van der Waals surface area contributed by atoms with Crippen molar-refractivity contribution in [3.8, 4) is 22.4 Å². The van der Waals surface area contributed by atoms with Gasteiger partial charge in [-0.3, -0.25) is 9.59 Å². The van der Waals surface area contributed by atoms with Gasteiger partial charge in [0.25, 0.3) is 11.5 Å². The third kappa shape index (κ3) is 3.75. The number of nitrogens with one attached hydrogen (secondary N) is 1. The van der Waals surface area contributed by atoms with E-state index in [0.29, 0.717) is 33.3 Å². The summed E-state index contributed by atoms with van der Waals surface area (Å²) >= 11 is 0. The van der Waals surface area contributed by atoms with Gasteiger partial charge in [0.2, 0.25) is 0 Å². The van der Waals surface area contributed by atoms with Gasteiger partial charge >= 0.3 is 0 Å². The number of aromatic nitrogens is 3. The number of hydrogen-bond donors (Lipinski definition) is 1. The maximum absolute atomic E-state index is 14.8. The molecule has 4 aromatic rings. The number of nitrogens with zero attached hydrogens (tertiary/aromatic N) is 3. The first-order valence-electron chi connectivity index (χ1n) is 11.0. The number of pyridine rings is 1. The topological polar surface area (TPSA) is 76.9 Å². The van der Waals surface area contributed by atoms with Gasteiger partial charge in [0, 0.05) is 35.2 Å². The molecule has 2 aromatic carbocycles. The highest BCUT2D eigenvalue weighted by Gasteiger charge is 2.25. The average Bonchev–Trinajstić information content (AvgIpc) is 3.61. The van der Waals surface area contributed by atoms with Crippen LogP contribution in [0.1, 0.15) is 34.3 Å². The first kappa shape index (κ1) is 21.9. The highest BCUT2D eigenvalue weighted by molar-refractivity contribution is 5.97. The van der Waals surface area contributed by atoms with Gasteiger partial charge in [-0.05, 0) is 79.8 Å². The Hall–Kier alpha value is -3.94. The highest BCUT2D eigenvalue weighted by atomic mass is 19.1. The summed E-state index contributed by atoms with van der Waals surface area (Å²) < 4.78 is 29.9. The number of benzene rings is 2. The zero-order chi connectivity index (χ0) is 24.1. The van der Waals surface area contributed by atoms with Gasteiger partial charge in [-0.15, -0.1) is 5.10 Å². The van der Waals surface area contributed by atoms with E-state index in [1.807, 2.05) is 0 Å². The molecule has 0 saturated heterocycles. The molecule has 2 aromatic heterocycles. The zero-order valence-corrected chi connectivity index (χ0v) is 18.9. The maximum Gasteiger partial charge on any atom is 0.258 e. The molecule has 0 unspecified atom stereocenters. The molecule has 2 heterocycles. The Morgan fingerprint density at radius 3 is 2.53 bits per heavy atom. The summed E-state index contributed by atoms with van der Waals surface area (Å²) in [6.07, 6.45) is 3.35. The second-order valence-electron chi connectivity index (χ2n) is 8.76. The van der Waals surface area contributed by atoms with Gasteiger partial charge in [0.05, 0.1) is 11.7 Å². The summed E-state index contributed by atoms with van der Waals surface area (Å²) in [5.41, 5.74) is 2.96. The summed E-state index contributed by atoms with van der Waals surface area (Å²) in [4.78, 5) is 26.0. The minimum Gasteiger partial charge on any atom is -0.349 e. The van der Waals surface area contributed by atoms with Crippen LogP contribution in [-0.4, -0.2) is 26.7 Å². The van der Waals surface area contributed by atoms with Crippen LogP contribution in [0.3, 0.4) is 0 Å². The third-order valence-electron chi connectivity index (χ3n) is 6.28. The lowest BCUT2D eigenvalue weighted by atomic mass is 9.96. The standard InChI is InChI=1S/C26H22F2N4O2/c1-13-8-17(27)4-7-19(13)23-24-16(12-29-31-23)10-21(26(34)32(24)3)20-9-15(11-22(28)14(20)2)25(33)30-18-5-6-18/h4,7-12,18H,5-6H2,1-3H3,(H,30,33). The minimum atomic E-state index is -0.559. The molecular weight excluding hydrogens is 438 g/mol. The van der Waals surface area contributed by atoms with Gasteiger partial charge in [-0.25, -0.2) is 8.78 Å². The van der Waals surface area contributed by atoms with Crippen molar-refractivity contribution < 1.29 is 13.6 Å². The SMILES string of the molecule is Cc1cc(F)ccc1-c1nncc2cc(-c3cc(C(=O)NC4CC4)cc(F)c3C)c(=O)n(C)c12. The number of aryl methyl sites for hydroxylation is 2. The lowest BCUT2D eigenvalue weighted by molar-refractivity contribution is 0.0950. The number of halogens is 2. The molecule has 0 atom stereocenters. The van der Waals surface area contributed by atoms with E-state index in [0.717, 1.165) is 12.8 Å². The van der Waals surface area contributed by atoms with Crippen LogP contribution in [-0.2, 0) is 7.05 Å². The molecule has 1 saturated carbocycles. The first-order valence-corrected chi connectivity index (χ1v) is 11.0. The van der Waals surface area contributed by atoms with Gasteiger partial charge in [-0.1, -0.05) is 0 Å². The molecule has 0 bridgehead atoms. The molecule has 0 radical (unpaired) electrons. The van der Waals surface area contributed by atoms with Gasteiger partial charge in [-0.2, -0.15) is 5.10 Å². The monoisotopic (exact) mass is 460 g/mol. The van der Waals surface area contributed by atoms with Crippen LogP contribution in [0.5, 0.6) is 0 Å². The van der Waals surface area contributed by atoms with E-state index in [-0.39, 0.29) is 40.0 Å². The van der Waals surface area contributed by atoms with E-state index in [2.05, 4.69) is 15.5 Å². The molecule has 172 valence electrons. The summed E-state index contributed by atoms with van der Waals surface area (Å²) in [6, 6.07) is 8.85. The number of fused-ring (bicyclic) bond motifs is 1. The molecule has 1 aliphatic carbocycles. The number of amides is 1. The predicted octanol–water partition coefficient (Wildman–Crippen LogP) is 4.45. The van der Waals surface area contributed by atoms with Crippen molar-refractivity contribution in [1.29, 1.82) is 0 Å². The lowest BCUT2D eigenvalue weighted by Gasteiger charge is -2.15. The van der Waals surface area contributed by atoms with Crippen molar-refractivity contribution >= 4 is 16.8 Å². The minimum absolute atomic E-state index is 0.126. The van der Waals surface area contributed by atoms with Gasteiger partial charge < -0.3 is 9.88 Å². The lowest BCUT2D eigenvalue weighted by Crippen LogP contribution is -2.26. The van der Waals surface area contributed by atoms with E-state index >= 15 is 0 Å². The number of rotatable bonds is 4. The molecule has 6 nitrogen and oxygen atoms in total. The van der Waals surface area contributed by atoms with E-state index in [4.69, 9.17) is 0 Å². The Morgan fingerprint density at radius 1 is 1.06 bits per heavy atom. The van der Waals surface area contributed by atoms with Crippen LogP contribution in [0.2, 0.25) is 0 Å². The number of carbonyl (C=O) groups excluding carboxylic acids is 1. The zero-order valence-electron chi connectivity index (χ0n) is 18.9. The van der Waals surface area contributed by atoms with E-state index in [1.165, 1.54) is 29.0 Å².